The predicted molar refractivity (Wildman–Crippen MR) is 114 cm³/mol. The molecule has 0 bridgehead atoms. The first-order chi connectivity index (χ1) is 15.0. The molecule has 9 nitrogen and oxygen atoms in total. The summed E-state index contributed by atoms with van der Waals surface area (Å²) in [6.45, 7) is 3.85. The van der Waals surface area contributed by atoms with Gasteiger partial charge in [-0.3, -0.25) is 9.59 Å². The lowest BCUT2D eigenvalue weighted by atomic mass is 10.1. The molecular weight excluding hydrogens is 402 g/mol. The second kappa shape index (κ2) is 13.0. The van der Waals surface area contributed by atoms with E-state index in [1.54, 1.807) is 30.3 Å². The van der Waals surface area contributed by atoms with Crippen LogP contribution in [0.4, 0.5) is 0 Å². The van der Waals surface area contributed by atoms with Crippen LogP contribution in [0.15, 0.2) is 30.3 Å². The van der Waals surface area contributed by atoms with E-state index in [4.69, 9.17) is 10.2 Å². The van der Waals surface area contributed by atoms with E-state index in [1.165, 1.54) is 45.9 Å². The highest BCUT2D eigenvalue weighted by Gasteiger charge is 2.27. The molecule has 2 heterocycles. The molecule has 172 valence electrons. The number of methoxy groups -OCH3 is 1. The summed E-state index contributed by atoms with van der Waals surface area (Å²) in [6.07, 6.45) is 4.53. The Morgan fingerprint density at radius 1 is 1.19 bits per heavy atom. The van der Waals surface area contributed by atoms with E-state index >= 15 is 0 Å². The largest absolute Gasteiger partial charge is 0.467 e. The third-order valence-electron chi connectivity index (χ3n) is 5.56. The summed E-state index contributed by atoms with van der Waals surface area (Å²) in [7, 11) is 1.20. The Morgan fingerprint density at radius 3 is 2.45 bits per heavy atom. The van der Waals surface area contributed by atoms with E-state index in [0.29, 0.717) is 11.6 Å². The number of hydrogen-bond donors (Lipinski definition) is 3. The van der Waals surface area contributed by atoms with Crippen LogP contribution in [0.3, 0.4) is 0 Å². The van der Waals surface area contributed by atoms with Gasteiger partial charge in [0.05, 0.1) is 13.7 Å². The third-order valence-corrected chi connectivity index (χ3v) is 5.56. The zero-order valence-electron chi connectivity index (χ0n) is 18.0. The minimum Gasteiger partial charge on any atom is -0.467 e. The minimum absolute atomic E-state index is 0.510. The normalized spacial score (nSPS) is 20.4. The SMILES string of the molecule is COC(=O)C(NC(=O)C(O)CO)c1ccccc1.O=CN1CCC[C@H]1CN1CCCC1. The zero-order chi connectivity index (χ0) is 22.6. The summed E-state index contributed by atoms with van der Waals surface area (Å²) in [6, 6.07) is 7.98. The molecule has 2 aliphatic heterocycles. The van der Waals surface area contributed by atoms with Crippen LogP contribution in [0.2, 0.25) is 0 Å². The molecule has 3 atom stereocenters. The van der Waals surface area contributed by atoms with Gasteiger partial charge in [-0.25, -0.2) is 4.79 Å². The Kier molecular flexibility index (Phi) is 10.4. The number of ether oxygens (including phenoxy) is 1. The maximum absolute atomic E-state index is 11.6. The molecule has 31 heavy (non-hydrogen) atoms. The van der Waals surface area contributed by atoms with E-state index in [0.717, 1.165) is 19.5 Å². The van der Waals surface area contributed by atoms with Crippen molar-refractivity contribution in [3.63, 3.8) is 0 Å². The van der Waals surface area contributed by atoms with Crippen molar-refractivity contribution in [3.05, 3.63) is 35.9 Å². The van der Waals surface area contributed by atoms with E-state index in [-0.39, 0.29) is 0 Å². The Labute approximate surface area is 183 Å². The van der Waals surface area contributed by atoms with Crippen molar-refractivity contribution in [3.8, 4) is 0 Å². The Balaban J connectivity index is 0.000000231. The number of benzene rings is 1. The quantitative estimate of drug-likeness (QED) is 0.391. The molecule has 3 N–H and O–H groups in total. The number of carbonyl (C=O) groups is 3. The highest BCUT2D eigenvalue weighted by Crippen LogP contribution is 2.18. The summed E-state index contributed by atoms with van der Waals surface area (Å²) in [5.74, 6) is -1.49. The minimum atomic E-state index is -1.57. The van der Waals surface area contributed by atoms with Crippen LogP contribution >= 0.6 is 0 Å². The van der Waals surface area contributed by atoms with Crippen molar-refractivity contribution < 1.29 is 29.3 Å². The smallest absolute Gasteiger partial charge is 0.333 e. The first-order valence-electron chi connectivity index (χ1n) is 10.7. The first-order valence-corrected chi connectivity index (χ1v) is 10.7. The van der Waals surface area contributed by atoms with Gasteiger partial charge in [0.25, 0.3) is 5.91 Å². The molecule has 0 radical (unpaired) electrons. The molecule has 0 spiro atoms. The van der Waals surface area contributed by atoms with Gasteiger partial charge in [0, 0.05) is 19.1 Å². The summed E-state index contributed by atoms with van der Waals surface area (Å²) >= 11 is 0. The first kappa shape index (κ1) is 24.8. The maximum Gasteiger partial charge on any atom is 0.333 e. The average Bonchev–Trinajstić information content (AvgIpc) is 3.49. The van der Waals surface area contributed by atoms with Crippen molar-refractivity contribution in [1.82, 2.24) is 15.1 Å². The van der Waals surface area contributed by atoms with Crippen molar-refractivity contribution in [2.75, 3.05) is 39.9 Å². The molecule has 2 unspecified atom stereocenters. The van der Waals surface area contributed by atoms with Gasteiger partial charge in [-0.05, 0) is 44.3 Å². The van der Waals surface area contributed by atoms with Crippen LogP contribution in [0, 0.1) is 0 Å². The molecule has 0 aromatic heterocycles. The number of nitrogens with one attached hydrogen (secondary N) is 1. The molecule has 0 saturated carbocycles. The summed E-state index contributed by atoms with van der Waals surface area (Å²) in [4.78, 5) is 38.2. The highest BCUT2D eigenvalue weighted by atomic mass is 16.5. The molecule has 1 aromatic carbocycles. The second-order valence-corrected chi connectivity index (χ2v) is 7.72. The Bertz CT molecular complexity index is 696. The second-order valence-electron chi connectivity index (χ2n) is 7.72. The molecule has 9 heteroatoms. The number of carbonyl (C=O) groups excluding carboxylic acids is 3. The van der Waals surface area contributed by atoms with E-state index in [2.05, 4.69) is 15.0 Å². The number of likely N-dealkylation sites (tertiary alicyclic amines) is 2. The number of amides is 2. The van der Waals surface area contributed by atoms with Gasteiger partial charge < -0.3 is 30.1 Å². The molecule has 2 aliphatic rings. The lowest BCUT2D eigenvalue weighted by Crippen LogP contribution is -2.42. The van der Waals surface area contributed by atoms with Gasteiger partial charge in [-0.1, -0.05) is 30.3 Å². The van der Waals surface area contributed by atoms with E-state index < -0.39 is 30.6 Å². The standard InChI is InChI=1S/C12H15NO5.C10H18N2O/c1-18-12(17)10(8-5-3-2-4-6-8)13-11(16)9(15)7-14;13-9-12-7-3-4-10(12)8-11-5-1-2-6-11/h2-6,9-10,14-15H,7H2,1H3,(H,13,16);9-10H,1-8H2/t;10-/m.0/s1. The fourth-order valence-corrected chi connectivity index (χ4v) is 3.82. The molecular formula is C22H33N3O6. The fourth-order valence-electron chi connectivity index (χ4n) is 3.82. The molecule has 2 fully saturated rings. The van der Waals surface area contributed by atoms with Crippen LogP contribution in [-0.2, 0) is 19.1 Å². The highest BCUT2D eigenvalue weighted by molar-refractivity contribution is 5.87. The number of hydrogen-bond acceptors (Lipinski definition) is 7. The summed E-state index contributed by atoms with van der Waals surface area (Å²) in [5.41, 5.74) is 0.530. The molecule has 3 rings (SSSR count). The fraction of sp³-hybridized carbons (Fsp3) is 0.591. The van der Waals surface area contributed by atoms with Gasteiger partial charge in [-0.2, -0.15) is 0 Å². The van der Waals surface area contributed by atoms with Crippen molar-refractivity contribution in [2.45, 2.75) is 43.9 Å². The van der Waals surface area contributed by atoms with Crippen LogP contribution in [0.5, 0.6) is 0 Å². The van der Waals surface area contributed by atoms with Gasteiger partial charge in [0.15, 0.2) is 12.1 Å². The number of esters is 1. The molecule has 2 amide bonds. The lowest BCUT2D eigenvalue weighted by Gasteiger charge is -2.25. The van der Waals surface area contributed by atoms with Crippen molar-refractivity contribution in [1.29, 1.82) is 0 Å². The summed E-state index contributed by atoms with van der Waals surface area (Å²) < 4.78 is 4.58. The van der Waals surface area contributed by atoms with Gasteiger partial charge >= 0.3 is 5.97 Å². The van der Waals surface area contributed by atoms with E-state index in [1.807, 2.05) is 4.90 Å². The third kappa shape index (κ3) is 7.61. The van der Waals surface area contributed by atoms with Crippen LogP contribution in [0.25, 0.3) is 0 Å². The number of nitrogens with zero attached hydrogens (tertiary/aromatic N) is 2. The molecule has 1 aromatic rings. The van der Waals surface area contributed by atoms with Gasteiger partial charge in [0.2, 0.25) is 6.41 Å². The number of rotatable bonds is 8. The topological polar surface area (TPSA) is 119 Å². The average molecular weight is 436 g/mol. The molecule has 2 saturated heterocycles. The molecule has 0 aliphatic carbocycles. The Hall–Kier alpha value is -2.49. The predicted octanol–water partition coefficient (Wildman–Crippen LogP) is 0.0731. The maximum atomic E-state index is 11.6. The van der Waals surface area contributed by atoms with E-state index in [9.17, 15) is 14.4 Å². The van der Waals surface area contributed by atoms with Crippen molar-refractivity contribution in [2.24, 2.45) is 0 Å². The van der Waals surface area contributed by atoms with Crippen LogP contribution < -0.4 is 5.32 Å². The monoisotopic (exact) mass is 435 g/mol. The van der Waals surface area contributed by atoms with Crippen molar-refractivity contribution >= 4 is 18.3 Å². The lowest BCUT2D eigenvalue weighted by molar-refractivity contribution is -0.147. The zero-order valence-corrected chi connectivity index (χ0v) is 18.0. The van der Waals surface area contributed by atoms with Gasteiger partial charge in [-0.15, -0.1) is 0 Å². The van der Waals surface area contributed by atoms with Crippen LogP contribution in [-0.4, -0.2) is 90.3 Å². The number of aliphatic hydroxyl groups is 2. The van der Waals surface area contributed by atoms with Crippen LogP contribution in [0.1, 0.15) is 37.3 Å². The Morgan fingerprint density at radius 2 is 1.87 bits per heavy atom. The van der Waals surface area contributed by atoms with Gasteiger partial charge in [0.1, 0.15) is 0 Å². The summed E-state index contributed by atoms with van der Waals surface area (Å²) in [5, 5.41) is 20.1. The number of aliphatic hydroxyl groups excluding tert-OH is 2.